The number of aryl methyl sites for hydroxylation is 1. The Morgan fingerprint density at radius 1 is 1.33 bits per heavy atom. The first kappa shape index (κ1) is 15.6. The van der Waals surface area contributed by atoms with E-state index in [2.05, 4.69) is 31.2 Å². The molecule has 21 heavy (non-hydrogen) atoms. The molecule has 2 rings (SSSR count). The van der Waals surface area contributed by atoms with Gasteiger partial charge in [-0.25, -0.2) is 9.37 Å². The van der Waals surface area contributed by atoms with Gasteiger partial charge in [0.2, 0.25) is 17.6 Å². The van der Waals surface area contributed by atoms with Crippen molar-refractivity contribution in [2.75, 3.05) is 11.9 Å². The normalized spacial score (nSPS) is 10.5. The Morgan fingerprint density at radius 2 is 2.10 bits per heavy atom. The molecule has 0 saturated carbocycles. The zero-order valence-corrected chi connectivity index (χ0v) is 13.2. The van der Waals surface area contributed by atoms with Crippen molar-refractivity contribution in [2.45, 2.75) is 20.3 Å². The molecule has 4 nitrogen and oxygen atoms in total. The van der Waals surface area contributed by atoms with Gasteiger partial charge in [0.1, 0.15) is 0 Å². The molecular weight excluding hydrogens is 344 g/mol. The van der Waals surface area contributed by atoms with Gasteiger partial charge in [-0.05, 0) is 25.5 Å². The lowest BCUT2D eigenvalue weighted by molar-refractivity contribution is 0.402. The second kappa shape index (κ2) is 6.80. The molecule has 0 aliphatic rings. The third-order valence-electron chi connectivity index (χ3n) is 2.62. The summed E-state index contributed by atoms with van der Waals surface area (Å²) in [7, 11) is 0. The van der Waals surface area contributed by atoms with E-state index in [1.54, 1.807) is 13.1 Å². The summed E-state index contributed by atoms with van der Waals surface area (Å²) >= 11 is 3.10. The van der Waals surface area contributed by atoms with Crippen molar-refractivity contribution in [3.63, 3.8) is 0 Å². The summed E-state index contributed by atoms with van der Waals surface area (Å²) in [6.45, 7) is 4.45. The number of nitrogens with one attached hydrogen (secondary N) is 1. The van der Waals surface area contributed by atoms with Crippen LogP contribution in [0, 0.1) is 18.6 Å². The highest BCUT2D eigenvalue weighted by Crippen LogP contribution is 2.30. The minimum Gasteiger partial charge on any atom is -0.435 e. The SMILES string of the molecule is CCCNc1ncc(C)c(Oc2cc(Br)cc(F)c2F)n1. The molecule has 0 atom stereocenters. The van der Waals surface area contributed by atoms with Gasteiger partial charge >= 0.3 is 0 Å². The fraction of sp³-hybridized carbons (Fsp3) is 0.286. The minimum atomic E-state index is -1.06. The van der Waals surface area contributed by atoms with Crippen LogP contribution in [0.4, 0.5) is 14.7 Å². The second-order valence-electron chi connectivity index (χ2n) is 4.41. The summed E-state index contributed by atoms with van der Waals surface area (Å²) in [5.74, 6) is -1.71. The van der Waals surface area contributed by atoms with Crippen LogP contribution >= 0.6 is 15.9 Å². The summed E-state index contributed by atoms with van der Waals surface area (Å²) in [4.78, 5) is 8.25. The molecule has 2 aromatic rings. The number of anilines is 1. The summed E-state index contributed by atoms with van der Waals surface area (Å²) in [5.41, 5.74) is 0.622. The molecule has 1 N–H and O–H groups in total. The van der Waals surface area contributed by atoms with Crippen LogP contribution < -0.4 is 10.1 Å². The first-order valence-corrected chi connectivity index (χ1v) is 7.20. The quantitative estimate of drug-likeness (QED) is 0.803. The van der Waals surface area contributed by atoms with Gasteiger partial charge in [0.05, 0.1) is 0 Å². The Morgan fingerprint density at radius 3 is 2.81 bits per heavy atom. The number of aromatic nitrogens is 2. The molecule has 1 aromatic heterocycles. The molecule has 0 aliphatic heterocycles. The first-order chi connectivity index (χ1) is 10.0. The first-order valence-electron chi connectivity index (χ1n) is 6.41. The van der Waals surface area contributed by atoms with Crippen LogP contribution in [0.15, 0.2) is 22.8 Å². The second-order valence-corrected chi connectivity index (χ2v) is 5.33. The smallest absolute Gasteiger partial charge is 0.227 e. The van der Waals surface area contributed by atoms with Crippen LogP contribution in [0.25, 0.3) is 0 Å². The van der Waals surface area contributed by atoms with E-state index in [9.17, 15) is 8.78 Å². The zero-order chi connectivity index (χ0) is 15.4. The van der Waals surface area contributed by atoms with E-state index >= 15 is 0 Å². The predicted molar refractivity (Wildman–Crippen MR) is 79.7 cm³/mol. The number of hydrogen-bond donors (Lipinski definition) is 1. The molecule has 0 radical (unpaired) electrons. The molecule has 1 aromatic carbocycles. The lowest BCUT2D eigenvalue weighted by atomic mass is 10.3. The summed E-state index contributed by atoms with van der Waals surface area (Å²) in [6, 6.07) is 2.38. The predicted octanol–water partition coefficient (Wildman–Crippen LogP) is 4.44. The molecule has 7 heteroatoms. The van der Waals surface area contributed by atoms with Gasteiger partial charge in [0.15, 0.2) is 11.6 Å². The van der Waals surface area contributed by atoms with Crippen LogP contribution in [-0.2, 0) is 0 Å². The van der Waals surface area contributed by atoms with E-state index in [1.807, 2.05) is 6.92 Å². The van der Waals surface area contributed by atoms with Gasteiger partial charge in [-0.2, -0.15) is 9.37 Å². The molecule has 0 spiro atoms. The number of ether oxygens (including phenoxy) is 1. The van der Waals surface area contributed by atoms with Gasteiger partial charge in [0.25, 0.3) is 0 Å². The van der Waals surface area contributed by atoms with Crippen molar-refractivity contribution >= 4 is 21.9 Å². The molecule has 112 valence electrons. The van der Waals surface area contributed by atoms with Crippen molar-refractivity contribution in [1.82, 2.24) is 9.97 Å². The van der Waals surface area contributed by atoms with Crippen LogP contribution in [0.3, 0.4) is 0 Å². The molecule has 1 heterocycles. The maximum atomic E-state index is 13.7. The largest absolute Gasteiger partial charge is 0.435 e. The number of nitrogens with zero attached hydrogens (tertiary/aromatic N) is 2. The highest BCUT2D eigenvalue weighted by Gasteiger charge is 2.14. The lowest BCUT2D eigenvalue weighted by Gasteiger charge is -2.11. The van der Waals surface area contributed by atoms with Crippen LogP contribution in [0.2, 0.25) is 0 Å². The van der Waals surface area contributed by atoms with Gasteiger partial charge in [0, 0.05) is 22.8 Å². The summed E-state index contributed by atoms with van der Waals surface area (Å²) in [5, 5.41) is 3.01. The summed E-state index contributed by atoms with van der Waals surface area (Å²) in [6.07, 6.45) is 2.48. The maximum absolute atomic E-state index is 13.7. The van der Waals surface area contributed by atoms with E-state index in [0.29, 0.717) is 22.5 Å². The van der Waals surface area contributed by atoms with Crippen LogP contribution in [0.5, 0.6) is 11.6 Å². The Balaban J connectivity index is 2.30. The Labute approximate surface area is 129 Å². The molecule has 0 fully saturated rings. The number of rotatable bonds is 5. The van der Waals surface area contributed by atoms with Crippen LogP contribution in [0.1, 0.15) is 18.9 Å². The lowest BCUT2D eigenvalue weighted by Crippen LogP contribution is -2.06. The minimum absolute atomic E-state index is 0.181. The van der Waals surface area contributed by atoms with E-state index < -0.39 is 11.6 Å². The fourth-order valence-corrected chi connectivity index (χ4v) is 1.97. The summed E-state index contributed by atoms with van der Waals surface area (Å²) < 4.78 is 32.8. The maximum Gasteiger partial charge on any atom is 0.227 e. The Kier molecular flexibility index (Phi) is 5.06. The topological polar surface area (TPSA) is 47.0 Å². The molecular formula is C14H14BrF2N3O. The van der Waals surface area contributed by atoms with Crippen molar-refractivity contribution in [3.05, 3.63) is 40.0 Å². The van der Waals surface area contributed by atoms with Gasteiger partial charge < -0.3 is 10.1 Å². The average Bonchev–Trinajstić information content (AvgIpc) is 2.45. The highest BCUT2D eigenvalue weighted by atomic mass is 79.9. The number of halogens is 3. The zero-order valence-electron chi connectivity index (χ0n) is 11.6. The van der Waals surface area contributed by atoms with E-state index in [-0.39, 0.29) is 11.6 Å². The van der Waals surface area contributed by atoms with Crippen molar-refractivity contribution < 1.29 is 13.5 Å². The molecule has 0 bridgehead atoms. The standard InChI is InChI=1S/C14H14BrF2N3O/c1-3-4-18-14-19-7-8(2)13(20-14)21-11-6-9(15)5-10(16)12(11)17/h5-7H,3-4H2,1-2H3,(H,18,19,20). The molecule has 0 unspecified atom stereocenters. The molecule has 0 saturated heterocycles. The van der Waals surface area contributed by atoms with Gasteiger partial charge in [-0.1, -0.05) is 22.9 Å². The Hall–Kier alpha value is -1.76. The van der Waals surface area contributed by atoms with E-state index in [1.165, 1.54) is 6.07 Å². The molecule has 0 amide bonds. The van der Waals surface area contributed by atoms with E-state index in [0.717, 1.165) is 12.5 Å². The number of benzene rings is 1. The average molecular weight is 358 g/mol. The Bertz CT molecular complexity index is 652. The van der Waals surface area contributed by atoms with Crippen molar-refractivity contribution in [3.8, 4) is 11.6 Å². The van der Waals surface area contributed by atoms with E-state index in [4.69, 9.17) is 4.74 Å². The van der Waals surface area contributed by atoms with Gasteiger partial charge in [-0.3, -0.25) is 0 Å². The molecule has 0 aliphatic carbocycles. The monoisotopic (exact) mass is 357 g/mol. The highest BCUT2D eigenvalue weighted by molar-refractivity contribution is 9.10. The fourth-order valence-electron chi connectivity index (χ4n) is 1.56. The van der Waals surface area contributed by atoms with Crippen LogP contribution in [-0.4, -0.2) is 16.5 Å². The third kappa shape index (κ3) is 3.87. The van der Waals surface area contributed by atoms with Gasteiger partial charge in [-0.15, -0.1) is 0 Å². The van der Waals surface area contributed by atoms with Crippen molar-refractivity contribution in [2.24, 2.45) is 0 Å². The third-order valence-corrected chi connectivity index (χ3v) is 3.08. The number of hydrogen-bond acceptors (Lipinski definition) is 4. The van der Waals surface area contributed by atoms with Crippen molar-refractivity contribution in [1.29, 1.82) is 0 Å².